The van der Waals surface area contributed by atoms with E-state index < -0.39 is 0 Å². The number of hydrogen-bond acceptors (Lipinski definition) is 4. The van der Waals surface area contributed by atoms with Crippen LogP contribution in [0.2, 0.25) is 0 Å². The monoisotopic (exact) mass is 364 g/mol. The van der Waals surface area contributed by atoms with Crippen molar-refractivity contribution >= 4 is 16.8 Å². The summed E-state index contributed by atoms with van der Waals surface area (Å²) in [5.74, 6) is 0.0256. The molecule has 4 rings (SSSR count). The molecule has 140 valence electrons. The van der Waals surface area contributed by atoms with E-state index in [1.54, 1.807) is 12.1 Å². The number of benzene rings is 2. The number of nitrogens with one attached hydrogen (secondary N) is 2. The lowest BCUT2D eigenvalue weighted by molar-refractivity contribution is 0.0622. The molecule has 1 aliphatic rings. The summed E-state index contributed by atoms with van der Waals surface area (Å²) in [5.41, 5.74) is 6.05. The van der Waals surface area contributed by atoms with Crippen molar-refractivity contribution in [1.29, 1.82) is 0 Å². The van der Waals surface area contributed by atoms with Gasteiger partial charge in [0.15, 0.2) is 0 Å². The van der Waals surface area contributed by atoms with E-state index in [0.717, 1.165) is 39.1 Å². The maximum Gasteiger partial charge on any atom is 0.265 e. The summed E-state index contributed by atoms with van der Waals surface area (Å²) in [6.45, 7) is 4.48. The van der Waals surface area contributed by atoms with Crippen LogP contribution in [0.5, 0.6) is 5.75 Å². The van der Waals surface area contributed by atoms with Crippen LogP contribution in [0, 0.1) is 0 Å². The molecule has 6 nitrogen and oxygen atoms in total. The number of aromatic amines is 1. The molecule has 6 heteroatoms. The fraction of sp³-hybridized carbons (Fsp3) is 0.286. The largest absolute Gasteiger partial charge is 0.508 e. The van der Waals surface area contributed by atoms with Gasteiger partial charge in [0, 0.05) is 55.4 Å². The summed E-state index contributed by atoms with van der Waals surface area (Å²) in [4.78, 5) is 18.0. The maximum atomic E-state index is 12.3. The second-order valence-electron chi connectivity index (χ2n) is 6.93. The average molecular weight is 364 g/mol. The van der Waals surface area contributed by atoms with Gasteiger partial charge in [-0.05, 0) is 42.3 Å². The quantitative estimate of drug-likeness (QED) is 0.650. The Labute approximate surface area is 158 Å². The molecule has 1 saturated heterocycles. The predicted octanol–water partition coefficient (Wildman–Crippen LogP) is 2.38. The minimum absolute atomic E-state index is 0.137. The summed E-state index contributed by atoms with van der Waals surface area (Å²) in [6.07, 6.45) is 3.13. The standard InChI is InChI=1S/C21H24N4O2/c26-18-7-5-16(6-8-18)21(27)23-25-13-11-24(12-14-25)10-9-17-15-22-20-4-2-1-3-19(17)20/h1-8,15,22,26H,9-14H2,(H,23,27). The van der Waals surface area contributed by atoms with Crippen molar-refractivity contribution in [2.24, 2.45) is 0 Å². The Bertz CT molecular complexity index is 911. The maximum absolute atomic E-state index is 12.3. The number of carbonyl (C=O) groups is 1. The smallest absolute Gasteiger partial charge is 0.265 e. The number of phenolic OH excluding ortho intramolecular Hbond substituents is 1. The number of H-pyrrole nitrogens is 1. The van der Waals surface area contributed by atoms with Gasteiger partial charge in [0.1, 0.15) is 5.75 Å². The van der Waals surface area contributed by atoms with Crippen LogP contribution in [0.25, 0.3) is 10.9 Å². The summed E-state index contributed by atoms with van der Waals surface area (Å²) >= 11 is 0. The van der Waals surface area contributed by atoms with Crippen molar-refractivity contribution < 1.29 is 9.90 Å². The number of amides is 1. The summed E-state index contributed by atoms with van der Waals surface area (Å²) in [5, 5.41) is 12.6. The molecule has 0 aliphatic carbocycles. The number of carbonyl (C=O) groups excluding carboxylic acids is 1. The predicted molar refractivity (Wildman–Crippen MR) is 106 cm³/mol. The number of rotatable bonds is 5. The van der Waals surface area contributed by atoms with E-state index in [4.69, 9.17) is 0 Å². The van der Waals surface area contributed by atoms with E-state index in [-0.39, 0.29) is 11.7 Å². The Balaban J connectivity index is 1.25. The fourth-order valence-corrected chi connectivity index (χ4v) is 3.52. The topological polar surface area (TPSA) is 71.6 Å². The van der Waals surface area contributed by atoms with Crippen LogP contribution in [-0.4, -0.2) is 58.6 Å². The molecule has 3 N–H and O–H groups in total. The highest BCUT2D eigenvalue weighted by Crippen LogP contribution is 2.18. The third-order valence-corrected chi connectivity index (χ3v) is 5.13. The van der Waals surface area contributed by atoms with Gasteiger partial charge in [0.05, 0.1) is 0 Å². The number of hydrogen-bond donors (Lipinski definition) is 3. The van der Waals surface area contributed by atoms with Crippen LogP contribution in [-0.2, 0) is 6.42 Å². The molecular weight excluding hydrogens is 340 g/mol. The number of aromatic nitrogens is 1. The second kappa shape index (κ2) is 7.82. The van der Waals surface area contributed by atoms with Crippen molar-refractivity contribution in [3.63, 3.8) is 0 Å². The molecule has 0 atom stereocenters. The lowest BCUT2D eigenvalue weighted by atomic mass is 10.1. The molecule has 1 aliphatic heterocycles. The van der Waals surface area contributed by atoms with Gasteiger partial charge in [-0.15, -0.1) is 0 Å². The Morgan fingerprint density at radius 1 is 1.04 bits per heavy atom. The summed E-state index contributed by atoms with van der Waals surface area (Å²) in [7, 11) is 0. The van der Waals surface area contributed by atoms with Crippen LogP contribution in [0.3, 0.4) is 0 Å². The molecule has 0 bridgehead atoms. The van der Waals surface area contributed by atoms with E-state index in [1.165, 1.54) is 28.6 Å². The minimum Gasteiger partial charge on any atom is -0.508 e. The molecule has 1 aromatic heterocycles. The minimum atomic E-state index is -0.137. The van der Waals surface area contributed by atoms with Crippen molar-refractivity contribution in [2.75, 3.05) is 32.7 Å². The van der Waals surface area contributed by atoms with Gasteiger partial charge >= 0.3 is 0 Å². The first-order chi connectivity index (χ1) is 13.2. The van der Waals surface area contributed by atoms with Gasteiger partial charge < -0.3 is 15.0 Å². The zero-order valence-electron chi connectivity index (χ0n) is 15.2. The molecule has 0 saturated carbocycles. The average Bonchev–Trinajstić information content (AvgIpc) is 3.11. The molecule has 1 amide bonds. The number of fused-ring (bicyclic) bond motifs is 1. The molecule has 0 radical (unpaired) electrons. The van der Waals surface area contributed by atoms with Gasteiger partial charge in [0.25, 0.3) is 5.91 Å². The van der Waals surface area contributed by atoms with Gasteiger partial charge in [-0.1, -0.05) is 18.2 Å². The highest BCUT2D eigenvalue weighted by Gasteiger charge is 2.19. The Kier molecular flexibility index (Phi) is 5.09. The van der Waals surface area contributed by atoms with Gasteiger partial charge in [-0.25, -0.2) is 5.01 Å². The molecule has 0 spiro atoms. The molecule has 2 heterocycles. The van der Waals surface area contributed by atoms with Crippen LogP contribution in [0.1, 0.15) is 15.9 Å². The number of hydrazine groups is 1. The van der Waals surface area contributed by atoms with Crippen molar-refractivity contribution in [2.45, 2.75) is 6.42 Å². The highest BCUT2D eigenvalue weighted by atomic mass is 16.3. The number of nitrogens with zero attached hydrogens (tertiary/aromatic N) is 2. The fourth-order valence-electron chi connectivity index (χ4n) is 3.52. The molecule has 2 aromatic carbocycles. The third-order valence-electron chi connectivity index (χ3n) is 5.13. The van der Waals surface area contributed by atoms with Crippen molar-refractivity contribution in [3.05, 3.63) is 65.9 Å². The Hall–Kier alpha value is -2.83. The van der Waals surface area contributed by atoms with E-state index in [1.807, 2.05) is 11.1 Å². The molecule has 3 aromatic rings. The van der Waals surface area contributed by atoms with E-state index >= 15 is 0 Å². The number of phenols is 1. The first-order valence-corrected chi connectivity index (χ1v) is 9.31. The van der Waals surface area contributed by atoms with Crippen molar-refractivity contribution in [3.8, 4) is 5.75 Å². The zero-order valence-corrected chi connectivity index (χ0v) is 15.2. The van der Waals surface area contributed by atoms with Crippen LogP contribution in [0.4, 0.5) is 0 Å². The van der Waals surface area contributed by atoms with E-state index in [9.17, 15) is 9.90 Å². The van der Waals surface area contributed by atoms with Gasteiger partial charge in [0.2, 0.25) is 0 Å². The number of aromatic hydroxyl groups is 1. The van der Waals surface area contributed by atoms with Crippen molar-refractivity contribution in [1.82, 2.24) is 20.3 Å². The highest BCUT2D eigenvalue weighted by molar-refractivity contribution is 5.93. The number of piperazine rings is 1. The molecule has 27 heavy (non-hydrogen) atoms. The normalized spacial score (nSPS) is 15.9. The first kappa shape index (κ1) is 17.6. The lowest BCUT2D eigenvalue weighted by Gasteiger charge is -2.34. The molecular formula is C21H24N4O2. The van der Waals surface area contributed by atoms with Crippen LogP contribution < -0.4 is 5.43 Å². The Morgan fingerprint density at radius 3 is 2.56 bits per heavy atom. The van der Waals surface area contributed by atoms with Gasteiger partial charge in [-0.2, -0.15) is 0 Å². The van der Waals surface area contributed by atoms with E-state index in [0.29, 0.717) is 5.56 Å². The zero-order chi connectivity index (χ0) is 18.6. The SMILES string of the molecule is O=C(NN1CCN(CCc2c[nH]c3ccccc23)CC1)c1ccc(O)cc1. The first-order valence-electron chi connectivity index (χ1n) is 9.31. The Morgan fingerprint density at radius 2 is 1.78 bits per heavy atom. The summed E-state index contributed by atoms with van der Waals surface area (Å²) in [6, 6.07) is 14.7. The second-order valence-corrected chi connectivity index (χ2v) is 6.93. The number of para-hydroxylation sites is 1. The van der Waals surface area contributed by atoms with Crippen LogP contribution >= 0.6 is 0 Å². The molecule has 0 unspecified atom stereocenters. The third kappa shape index (κ3) is 4.13. The molecule has 1 fully saturated rings. The van der Waals surface area contributed by atoms with Crippen LogP contribution in [0.15, 0.2) is 54.7 Å². The lowest BCUT2D eigenvalue weighted by Crippen LogP contribution is -2.53. The van der Waals surface area contributed by atoms with E-state index in [2.05, 4.69) is 39.7 Å². The summed E-state index contributed by atoms with van der Waals surface area (Å²) < 4.78 is 0. The van der Waals surface area contributed by atoms with Gasteiger partial charge in [-0.3, -0.25) is 10.2 Å².